The van der Waals surface area contributed by atoms with Crippen molar-refractivity contribution in [3.05, 3.63) is 72.4 Å². The molecule has 1 aliphatic heterocycles. The Hall–Kier alpha value is -6.24. The minimum Gasteiger partial charge on any atom is -0.471 e. The summed E-state index contributed by atoms with van der Waals surface area (Å²) in [4.78, 5) is 97.1. The van der Waals surface area contributed by atoms with Gasteiger partial charge in [0.2, 0.25) is 29.4 Å². The topological polar surface area (TPSA) is 225 Å². The molecule has 1 aromatic carbocycles. The van der Waals surface area contributed by atoms with Crippen LogP contribution in [0.15, 0.2) is 61.2 Å². The van der Waals surface area contributed by atoms with Gasteiger partial charge in [-0.25, -0.2) is 9.97 Å². The van der Waals surface area contributed by atoms with Gasteiger partial charge >= 0.3 is 0 Å². The molecule has 61 heavy (non-hydrogen) atoms. The smallest absolute Gasteiger partial charge is 0.289 e. The minimum atomic E-state index is -1.20. The van der Waals surface area contributed by atoms with Crippen molar-refractivity contribution < 1.29 is 33.5 Å². The highest BCUT2D eigenvalue weighted by Crippen LogP contribution is 2.33. The van der Waals surface area contributed by atoms with Crippen LogP contribution in [0, 0.1) is 22.7 Å². The Morgan fingerprint density at radius 2 is 1.66 bits per heavy atom. The molecule has 0 bridgehead atoms. The number of ether oxygens (including phenoxy) is 1. The fourth-order valence-electron chi connectivity index (χ4n) is 8.04. The molecule has 1 saturated heterocycles. The number of hydrogen-bond donors (Lipinski definition) is 4. The molecular weight excluding hydrogens is 779 g/mol. The van der Waals surface area contributed by atoms with E-state index in [1.807, 2.05) is 37.3 Å². The Morgan fingerprint density at radius 1 is 0.918 bits per heavy atom. The van der Waals surface area contributed by atoms with Crippen LogP contribution >= 0.6 is 0 Å². The Bertz CT molecular complexity index is 2110. The highest BCUT2D eigenvalue weighted by atomic mass is 16.5. The first kappa shape index (κ1) is 44.3. The summed E-state index contributed by atoms with van der Waals surface area (Å²) < 4.78 is 6.37. The van der Waals surface area contributed by atoms with Crippen LogP contribution < -0.4 is 26.0 Å². The highest BCUT2D eigenvalue weighted by Gasteiger charge is 2.47. The predicted molar refractivity (Wildman–Crippen MR) is 223 cm³/mol. The van der Waals surface area contributed by atoms with Gasteiger partial charge < -0.3 is 30.9 Å². The second-order valence-electron chi connectivity index (χ2n) is 17.2. The van der Waals surface area contributed by atoms with E-state index < -0.39 is 71.0 Å². The van der Waals surface area contributed by atoms with Gasteiger partial charge in [0.25, 0.3) is 11.8 Å². The molecule has 3 aromatic rings. The molecule has 5 amide bonds. The average Bonchev–Trinajstić information content (AvgIpc) is 3.99. The number of likely N-dealkylation sites (tertiary alicyclic amines) is 1. The van der Waals surface area contributed by atoms with Crippen molar-refractivity contribution in [2.75, 3.05) is 6.54 Å². The molecule has 2 aliphatic carbocycles. The van der Waals surface area contributed by atoms with E-state index in [1.54, 1.807) is 26.8 Å². The molecule has 0 spiro atoms. The number of nitriles is 1. The molecule has 2 saturated carbocycles. The number of nitrogens with one attached hydrogen (secondary N) is 4. The Kier molecular flexibility index (Phi) is 14.4. The monoisotopic (exact) mass is 833 g/mol. The SMILES string of the molecule is CCCC(NC(=O)[C@H]1C[C@H](Oc2nccc(-c3ccccc3)c2C#N)CN1C(=O)C(NC(=O)C(NC(=O)c1cnccn1)C1CCCCC1)C(C)(C)C)C(=O)C(=O)NC1CC1. The van der Waals surface area contributed by atoms with Gasteiger partial charge in [0.1, 0.15) is 41.6 Å². The Morgan fingerprint density at radius 3 is 2.30 bits per heavy atom. The van der Waals surface area contributed by atoms with E-state index in [4.69, 9.17) is 4.74 Å². The van der Waals surface area contributed by atoms with Crippen molar-refractivity contribution in [1.82, 2.24) is 41.1 Å². The van der Waals surface area contributed by atoms with Gasteiger partial charge in [0, 0.05) is 36.6 Å². The Balaban J connectivity index is 1.29. The standard InChI is InChI=1S/C45H55N9O7/c1-5-12-33(37(55)42(59)50-29-17-18-29)51-40(57)35-23-30(61-43-32(24-46)31(19-20-49-43)27-13-8-6-9-14-27)26-54(35)44(60)38(45(2,3)4)53-41(58)36(28-15-10-7-11-16-28)52-39(56)34-25-47-21-22-48-34/h6,8-9,13-14,19-22,25,28-30,33,35-36,38H,5,7,10-12,15-18,23,26H2,1-4H3,(H,50,59)(H,51,57)(H,52,56)(H,53,58)/t30-,33?,35+,36?,38?/m0/s1. The lowest BCUT2D eigenvalue weighted by molar-refractivity contribution is -0.145. The molecule has 16 nitrogen and oxygen atoms in total. The summed E-state index contributed by atoms with van der Waals surface area (Å²) in [6, 6.07) is 8.58. The number of nitrogens with zero attached hydrogens (tertiary/aromatic N) is 5. The number of hydrogen-bond acceptors (Lipinski definition) is 11. The van der Waals surface area contributed by atoms with E-state index in [-0.39, 0.29) is 48.5 Å². The zero-order valence-corrected chi connectivity index (χ0v) is 35.2. The number of pyridine rings is 1. The predicted octanol–water partition coefficient (Wildman–Crippen LogP) is 3.80. The van der Waals surface area contributed by atoms with Crippen LogP contribution in [-0.2, 0) is 24.0 Å². The molecular formula is C45H55N9O7. The van der Waals surface area contributed by atoms with E-state index in [0.29, 0.717) is 24.8 Å². The van der Waals surface area contributed by atoms with Crippen LogP contribution in [-0.4, -0.2) is 98.0 Å². The number of carbonyl (C=O) groups excluding carboxylic acids is 6. The van der Waals surface area contributed by atoms with Crippen LogP contribution in [0.4, 0.5) is 0 Å². The molecule has 5 atom stereocenters. The van der Waals surface area contributed by atoms with Crippen molar-refractivity contribution in [3.63, 3.8) is 0 Å². The van der Waals surface area contributed by atoms with Crippen LogP contribution in [0.1, 0.15) is 108 Å². The summed E-state index contributed by atoms with van der Waals surface area (Å²) in [5, 5.41) is 21.6. The third kappa shape index (κ3) is 11.1. The van der Waals surface area contributed by atoms with Crippen LogP contribution in [0.5, 0.6) is 5.88 Å². The third-order valence-corrected chi connectivity index (χ3v) is 11.5. The van der Waals surface area contributed by atoms with Crippen LogP contribution in [0.25, 0.3) is 11.1 Å². The van der Waals surface area contributed by atoms with Crippen molar-refractivity contribution in [1.29, 1.82) is 5.26 Å². The van der Waals surface area contributed by atoms with Crippen molar-refractivity contribution in [2.24, 2.45) is 11.3 Å². The molecule has 6 rings (SSSR count). The van der Waals surface area contributed by atoms with Gasteiger partial charge in [-0.2, -0.15) is 5.26 Å². The molecule has 322 valence electrons. The first-order valence-electron chi connectivity index (χ1n) is 21.2. The van der Waals surface area contributed by atoms with Crippen molar-refractivity contribution >= 4 is 35.3 Å². The molecule has 3 unspecified atom stereocenters. The van der Waals surface area contributed by atoms with Crippen molar-refractivity contribution in [3.8, 4) is 23.1 Å². The van der Waals surface area contributed by atoms with E-state index in [2.05, 4.69) is 42.3 Å². The summed E-state index contributed by atoms with van der Waals surface area (Å²) in [5.74, 6) is -4.12. The summed E-state index contributed by atoms with van der Waals surface area (Å²) in [5.41, 5.74) is 0.678. The second-order valence-corrected chi connectivity index (χ2v) is 17.2. The molecule has 4 N–H and O–H groups in total. The fourth-order valence-corrected chi connectivity index (χ4v) is 8.04. The second kappa shape index (κ2) is 19.9. The number of aromatic nitrogens is 3. The van der Waals surface area contributed by atoms with E-state index in [0.717, 1.165) is 37.7 Å². The number of amides is 5. The maximum Gasteiger partial charge on any atom is 0.289 e. The first-order valence-corrected chi connectivity index (χ1v) is 21.2. The first-order chi connectivity index (χ1) is 29.3. The minimum absolute atomic E-state index is 0.0212. The molecule has 2 aromatic heterocycles. The maximum atomic E-state index is 15.0. The van der Waals surface area contributed by atoms with E-state index in [9.17, 15) is 34.0 Å². The number of ketones is 1. The number of rotatable bonds is 16. The highest BCUT2D eigenvalue weighted by molar-refractivity contribution is 6.38. The van der Waals surface area contributed by atoms with Gasteiger partial charge in [-0.1, -0.05) is 83.7 Å². The van der Waals surface area contributed by atoms with Gasteiger partial charge in [-0.15, -0.1) is 0 Å². The summed E-state index contributed by atoms with van der Waals surface area (Å²) >= 11 is 0. The van der Waals surface area contributed by atoms with Gasteiger partial charge in [-0.3, -0.25) is 33.8 Å². The number of Topliss-reactive ketones (excluding diaryl/α,β-unsaturated/α-hetero) is 1. The zero-order valence-electron chi connectivity index (χ0n) is 35.2. The van der Waals surface area contributed by atoms with E-state index in [1.165, 1.54) is 29.7 Å². The largest absolute Gasteiger partial charge is 0.471 e. The van der Waals surface area contributed by atoms with Gasteiger partial charge in [0.05, 0.1) is 18.8 Å². The van der Waals surface area contributed by atoms with Crippen LogP contribution in [0.3, 0.4) is 0 Å². The third-order valence-electron chi connectivity index (χ3n) is 11.5. The Labute approximate surface area is 356 Å². The molecule has 3 aliphatic rings. The molecule has 3 heterocycles. The quantitative estimate of drug-likeness (QED) is 0.152. The fraction of sp³-hybridized carbons (Fsp3) is 0.511. The van der Waals surface area contributed by atoms with Gasteiger partial charge in [-0.05, 0) is 55.1 Å². The molecule has 16 heteroatoms. The van der Waals surface area contributed by atoms with Gasteiger partial charge in [0.15, 0.2) is 0 Å². The normalized spacial score (nSPS) is 19.4. The molecule has 0 radical (unpaired) electrons. The maximum absolute atomic E-state index is 15.0. The lowest BCUT2D eigenvalue weighted by Gasteiger charge is -2.37. The number of carbonyl (C=O) groups is 6. The average molecular weight is 834 g/mol. The lowest BCUT2D eigenvalue weighted by Crippen LogP contribution is -2.62. The lowest BCUT2D eigenvalue weighted by atomic mass is 9.82. The summed E-state index contributed by atoms with van der Waals surface area (Å²) in [7, 11) is 0. The summed E-state index contributed by atoms with van der Waals surface area (Å²) in [6.07, 6.45) is 11.2. The zero-order chi connectivity index (χ0) is 43.7. The van der Waals surface area contributed by atoms with Crippen LogP contribution in [0.2, 0.25) is 0 Å². The summed E-state index contributed by atoms with van der Waals surface area (Å²) in [6.45, 7) is 7.06. The molecule has 3 fully saturated rings. The number of benzene rings is 1. The van der Waals surface area contributed by atoms with Crippen molar-refractivity contribution in [2.45, 2.75) is 128 Å². The van der Waals surface area contributed by atoms with E-state index >= 15 is 0 Å².